The molecule has 0 heterocycles. The first-order valence-corrected chi connectivity index (χ1v) is 13.8. The highest BCUT2D eigenvalue weighted by atomic mass is 16.4. The molecule has 0 aromatic heterocycles. The SMILES string of the molecule is C[C@H](CC(=O)C[C@H](C)C(=O)O)[C@H]1C[C@@H](O)[C@@]2(C)C3=C(C(=O)C[C@]12C)[C@@]1(C)CC[C@H](O)C(C)(C)[C@@H]1CC3=O. The molecule has 0 saturated heterocycles. The van der Waals surface area contributed by atoms with Crippen molar-refractivity contribution in [2.24, 2.45) is 45.3 Å². The molecule has 0 aromatic rings. The zero-order chi connectivity index (χ0) is 27.9. The van der Waals surface area contributed by atoms with Crippen molar-refractivity contribution in [3.63, 3.8) is 0 Å². The van der Waals surface area contributed by atoms with Crippen molar-refractivity contribution in [3.05, 3.63) is 11.1 Å². The summed E-state index contributed by atoms with van der Waals surface area (Å²) < 4.78 is 0. The van der Waals surface area contributed by atoms with E-state index in [-0.39, 0.29) is 60.8 Å². The largest absolute Gasteiger partial charge is 0.481 e. The molecule has 7 heteroatoms. The van der Waals surface area contributed by atoms with Gasteiger partial charge in [-0.1, -0.05) is 48.5 Å². The molecule has 0 bridgehead atoms. The van der Waals surface area contributed by atoms with Gasteiger partial charge in [0.1, 0.15) is 5.78 Å². The summed E-state index contributed by atoms with van der Waals surface area (Å²) in [6.45, 7) is 13.4. The Hall–Kier alpha value is -1.86. The first-order valence-electron chi connectivity index (χ1n) is 13.8. The minimum Gasteiger partial charge on any atom is -0.481 e. The lowest BCUT2D eigenvalue weighted by Gasteiger charge is -2.60. The van der Waals surface area contributed by atoms with Gasteiger partial charge in [-0.2, -0.15) is 0 Å². The Balaban J connectivity index is 1.74. The normalized spacial score (nSPS) is 42.5. The van der Waals surface area contributed by atoms with E-state index >= 15 is 0 Å². The van der Waals surface area contributed by atoms with E-state index in [1.165, 1.54) is 6.92 Å². The fourth-order valence-corrected chi connectivity index (χ4v) is 9.11. The number of Topliss-reactive ketones (excluding diaryl/α,β-unsaturated/α-hetero) is 3. The van der Waals surface area contributed by atoms with E-state index in [0.29, 0.717) is 30.4 Å². The smallest absolute Gasteiger partial charge is 0.306 e. The number of carbonyl (C=O) groups is 4. The molecule has 4 aliphatic rings. The topological polar surface area (TPSA) is 129 Å². The lowest BCUT2D eigenvalue weighted by atomic mass is 9.42. The van der Waals surface area contributed by atoms with Gasteiger partial charge in [-0.3, -0.25) is 19.2 Å². The van der Waals surface area contributed by atoms with Crippen molar-refractivity contribution < 1.29 is 34.5 Å². The number of allylic oxidation sites excluding steroid dienone is 1. The van der Waals surface area contributed by atoms with Crippen LogP contribution in [0.25, 0.3) is 0 Å². The van der Waals surface area contributed by atoms with Crippen LogP contribution in [-0.4, -0.2) is 50.8 Å². The van der Waals surface area contributed by atoms with Gasteiger partial charge in [0.25, 0.3) is 0 Å². The summed E-state index contributed by atoms with van der Waals surface area (Å²) in [6.07, 6.45) is 0.787. The van der Waals surface area contributed by atoms with Crippen LogP contribution in [-0.2, 0) is 19.2 Å². The van der Waals surface area contributed by atoms with Crippen LogP contribution in [0.4, 0.5) is 0 Å². The van der Waals surface area contributed by atoms with E-state index in [4.69, 9.17) is 0 Å². The third-order valence-electron chi connectivity index (χ3n) is 11.6. The molecule has 4 aliphatic carbocycles. The molecule has 206 valence electrons. The number of carboxylic acids is 1. The molecule has 7 nitrogen and oxygen atoms in total. The van der Waals surface area contributed by atoms with E-state index in [0.717, 1.165) is 0 Å². The highest BCUT2D eigenvalue weighted by Gasteiger charge is 2.70. The van der Waals surface area contributed by atoms with Crippen LogP contribution in [0.3, 0.4) is 0 Å². The van der Waals surface area contributed by atoms with Crippen molar-refractivity contribution in [1.29, 1.82) is 0 Å². The van der Waals surface area contributed by atoms with Crippen molar-refractivity contribution in [3.8, 4) is 0 Å². The molecule has 0 aromatic carbocycles. The Morgan fingerprint density at radius 2 is 1.57 bits per heavy atom. The number of rotatable bonds is 6. The van der Waals surface area contributed by atoms with Crippen LogP contribution in [0.5, 0.6) is 0 Å². The maximum Gasteiger partial charge on any atom is 0.306 e. The highest BCUT2D eigenvalue weighted by Crippen LogP contribution is 2.71. The molecule has 9 atom stereocenters. The number of carboxylic acid groups (broad SMARTS) is 1. The van der Waals surface area contributed by atoms with Crippen LogP contribution in [0.15, 0.2) is 11.1 Å². The molecule has 2 fully saturated rings. The average Bonchev–Trinajstić information content (AvgIpc) is 2.99. The molecule has 0 spiro atoms. The predicted octanol–water partition coefficient (Wildman–Crippen LogP) is 4.13. The number of aliphatic hydroxyl groups is 2. The number of hydrogen-bond donors (Lipinski definition) is 3. The Morgan fingerprint density at radius 1 is 0.946 bits per heavy atom. The molecule has 0 unspecified atom stereocenters. The van der Waals surface area contributed by atoms with Crippen LogP contribution >= 0.6 is 0 Å². The Bertz CT molecular complexity index is 1070. The van der Waals surface area contributed by atoms with Gasteiger partial charge in [-0.05, 0) is 47.8 Å². The Labute approximate surface area is 220 Å². The highest BCUT2D eigenvalue weighted by molar-refractivity contribution is 6.11. The predicted molar refractivity (Wildman–Crippen MR) is 137 cm³/mol. The molecular formula is C30H44O7. The Kier molecular flexibility index (Phi) is 6.72. The number of ketones is 3. The number of hydrogen-bond acceptors (Lipinski definition) is 6. The van der Waals surface area contributed by atoms with E-state index < -0.39 is 45.8 Å². The zero-order valence-electron chi connectivity index (χ0n) is 23.4. The maximum atomic E-state index is 14.0. The molecule has 37 heavy (non-hydrogen) atoms. The average molecular weight is 517 g/mol. The van der Waals surface area contributed by atoms with Crippen molar-refractivity contribution in [1.82, 2.24) is 0 Å². The van der Waals surface area contributed by atoms with Crippen molar-refractivity contribution >= 4 is 23.3 Å². The fourth-order valence-electron chi connectivity index (χ4n) is 9.11. The van der Waals surface area contributed by atoms with Gasteiger partial charge in [-0.15, -0.1) is 0 Å². The third kappa shape index (κ3) is 3.82. The minimum absolute atomic E-state index is 0.0418. The molecule has 0 amide bonds. The van der Waals surface area contributed by atoms with E-state index in [1.807, 2.05) is 34.6 Å². The summed E-state index contributed by atoms with van der Waals surface area (Å²) in [5, 5.41) is 31.5. The number of aliphatic carboxylic acids is 1. The van der Waals surface area contributed by atoms with Crippen molar-refractivity contribution in [2.45, 2.75) is 106 Å². The minimum atomic E-state index is -1.00. The summed E-state index contributed by atoms with van der Waals surface area (Å²) in [6, 6.07) is 0. The van der Waals surface area contributed by atoms with Gasteiger partial charge in [0, 0.05) is 47.7 Å². The molecule has 3 N–H and O–H groups in total. The van der Waals surface area contributed by atoms with Gasteiger partial charge < -0.3 is 15.3 Å². The standard InChI is InChI=1S/C30H44O7/c1-15(10-17(31)11-16(2)26(36)37)18-12-23(35)30(7)25-19(32)13-21-27(3,4)22(34)8-9-28(21,5)24(25)20(33)14-29(18,30)6/h15-16,18,21-23,34-35H,8-14H2,1-7H3,(H,36,37)/t15-,16+,18-,21+,22+,23-,28+,29-,30+/m1/s1. The second kappa shape index (κ2) is 8.84. The maximum absolute atomic E-state index is 14.0. The summed E-state index contributed by atoms with van der Waals surface area (Å²) in [5.41, 5.74) is -1.61. The quantitative estimate of drug-likeness (QED) is 0.484. The summed E-state index contributed by atoms with van der Waals surface area (Å²) in [4.78, 5) is 51.9. The van der Waals surface area contributed by atoms with Crippen LogP contribution < -0.4 is 0 Å². The first kappa shape index (κ1) is 28.2. The van der Waals surface area contributed by atoms with E-state index in [1.54, 1.807) is 0 Å². The lowest BCUT2D eigenvalue weighted by Crippen LogP contribution is -2.60. The monoisotopic (exact) mass is 516 g/mol. The number of carbonyl (C=O) groups excluding carboxylic acids is 3. The second-order valence-electron chi connectivity index (χ2n) is 14.0. The van der Waals surface area contributed by atoms with E-state index in [9.17, 15) is 34.5 Å². The molecule has 2 saturated carbocycles. The van der Waals surface area contributed by atoms with Crippen molar-refractivity contribution in [2.75, 3.05) is 0 Å². The summed E-state index contributed by atoms with van der Waals surface area (Å²) in [7, 11) is 0. The Morgan fingerprint density at radius 3 is 2.16 bits per heavy atom. The van der Waals surface area contributed by atoms with Crippen LogP contribution in [0, 0.1) is 45.3 Å². The fraction of sp³-hybridized carbons (Fsp3) is 0.800. The molecule has 4 rings (SSSR count). The van der Waals surface area contributed by atoms with Gasteiger partial charge >= 0.3 is 5.97 Å². The van der Waals surface area contributed by atoms with Gasteiger partial charge in [0.05, 0.1) is 18.1 Å². The summed E-state index contributed by atoms with van der Waals surface area (Å²) >= 11 is 0. The van der Waals surface area contributed by atoms with E-state index in [2.05, 4.69) is 6.92 Å². The van der Waals surface area contributed by atoms with Gasteiger partial charge in [0.15, 0.2) is 11.6 Å². The van der Waals surface area contributed by atoms with Gasteiger partial charge in [-0.25, -0.2) is 0 Å². The van der Waals surface area contributed by atoms with Crippen LogP contribution in [0.2, 0.25) is 0 Å². The molecule has 0 radical (unpaired) electrons. The molecular weight excluding hydrogens is 472 g/mol. The molecule has 0 aliphatic heterocycles. The lowest BCUT2D eigenvalue weighted by molar-refractivity contribution is -0.144. The zero-order valence-corrected chi connectivity index (χ0v) is 23.4. The first-order chi connectivity index (χ1) is 16.9. The third-order valence-corrected chi connectivity index (χ3v) is 11.6. The summed E-state index contributed by atoms with van der Waals surface area (Å²) in [5.74, 6) is -2.54. The van der Waals surface area contributed by atoms with Gasteiger partial charge in [0.2, 0.25) is 0 Å². The second-order valence-corrected chi connectivity index (χ2v) is 14.0. The number of aliphatic hydroxyl groups excluding tert-OH is 2. The number of fused-ring (bicyclic) bond motifs is 4. The van der Waals surface area contributed by atoms with Crippen LogP contribution in [0.1, 0.15) is 93.4 Å².